The van der Waals surface area contributed by atoms with Crippen LogP contribution >= 0.6 is 11.6 Å². The molecule has 3 rings (SSSR count). The van der Waals surface area contributed by atoms with Gasteiger partial charge >= 0.3 is 0 Å². The summed E-state index contributed by atoms with van der Waals surface area (Å²) in [6, 6.07) is 20.0. The Morgan fingerprint density at radius 3 is 2.14 bits per heavy atom. The van der Waals surface area contributed by atoms with Gasteiger partial charge in [-0.1, -0.05) is 41.6 Å². The molecule has 0 spiro atoms. The molecule has 0 fully saturated rings. The highest BCUT2D eigenvalue weighted by Crippen LogP contribution is 2.14. The molecule has 9 nitrogen and oxygen atoms in total. The van der Waals surface area contributed by atoms with Crippen LogP contribution < -0.4 is 27.2 Å². The Kier molecular flexibility index (Phi) is 10.2. The van der Waals surface area contributed by atoms with Crippen LogP contribution in [0.5, 0.6) is 0 Å². The third-order valence-corrected chi connectivity index (χ3v) is 5.56. The Bertz CT molecular complexity index is 1300. The number of rotatable bonds is 9. The number of nitrogens with two attached hydrogens (primary N) is 1. The summed E-state index contributed by atoms with van der Waals surface area (Å²) in [5.74, 6) is 4.56. The number of carbonyl (C=O) groups excluding carboxylic acids is 3. The molecule has 3 aromatic rings. The van der Waals surface area contributed by atoms with Crippen molar-refractivity contribution in [3.63, 3.8) is 0 Å². The van der Waals surface area contributed by atoms with E-state index in [-0.39, 0.29) is 19.0 Å². The zero-order valence-electron chi connectivity index (χ0n) is 19.8. The Labute approximate surface area is 219 Å². The van der Waals surface area contributed by atoms with Crippen LogP contribution in [0.3, 0.4) is 0 Å². The lowest BCUT2D eigenvalue weighted by Gasteiger charge is -2.14. The van der Waals surface area contributed by atoms with Crippen molar-refractivity contribution in [1.29, 1.82) is 0 Å². The van der Waals surface area contributed by atoms with Gasteiger partial charge in [-0.15, -0.1) is 0 Å². The Morgan fingerprint density at radius 1 is 0.919 bits per heavy atom. The third-order valence-electron chi connectivity index (χ3n) is 5.19. The Balaban J connectivity index is 1.50. The van der Waals surface area contributed by atoms with Gasteiger partial charge in [0.1, 0.15) is 6.04 Å². The molecular formula is C27H26ClN5O4. The molecule has 0 saturated heterocycles. The molecule has 0 bridgehead atoms. The van der Waals surface area contributed by atoms with E-state index in [0.717, 1.165) is 11.1 Å². The molecule has 3 aromatic carbocycles. The van der Waals surface area contributed by atoms with Gasteiger partial charge in [0.25, 0.3) is 11.8 Å². The van der Waals surface area contributed by atoms with Gasteiger partial charge < -0.3 is 21.7 Å². The van der Waals surface area contributed by atoms with E-state index in [0.29, 0.717) is 28.4 Å². The fraction of sp³-hybridized carbons (Fsp3) is 0.148. The van der Waals surface area contributed by atoms with Crippen LogP contribution in [0.25, 0.3) is 0 Å². The normalized spacial score (nSPS) is 11.0. The first kappa shape index (κ1) is 27.4. The van der Waals surface area contributed by atoms with Crippen LogP contribution in [0.15, 0.2) is 72.8 Å². The van der Waals surface area contributed by atoms with Gasteiger partial charge in [0.15, 0.2) is 0 Å². The minimum atomic E-state index is -1.05. The molecule has 0 radical (unpaired) electrons. The molecule has 7 N–H and O–H groups in total. The molecule has 0 aliphatic rings. The van der Waals surface area contributed by atoms with Crippen LogP contribution in [-0.2, 0) is 16.1 Å². The topological polar surface area (TPSA) is 146 Å². The maximum atomic E-state index is 12.3. The fourth-order valence-electron chi connectivity index (χ4n) is 3.19. The number of benzene rings is 3. The number of carbonyl (C=O) groups is 3. The van der Waals surface area contributed by atoms with Crippen molar-refractivity contribution < 1.29 is 19.6 Å². The van der Waals surface area contributed by atoms with E-state index < -0.39 is 17.9 Å². The molecular weight excluding hydrogens is 494 g/mol. The highest BCUT2D eigenvalue weighted by Gasteiger charge is 2.19. The minimum absolute atomic E-state index is 0.141. The summed E-state index contributed by atoms with van der Waals surface area (Å²) < 4.78 is 0. The molecule has 10 heteroatoms. The van der Waals surface area contributed by atoms with Gasteiger partial charge in [-0.3, -0.25) is 19.6 Å². The first-order chi connectivity index (χ1) is 17.9. The van der Waals surface area contributed by atoms with Crippen molar-refractivity contribution in [1.82, 2.24) is 16.1 Å². The van der Waals surface area contributed by atoms with Gasteiger partial charge in [-0.25, -0.2) is 5.48 Å². The molecule has 3 amide bonds. The van der Waals surface area contributed by atoms with Crippen LogP contribution in [-0.4, -0.2) is 42.1 Å². The second-order valence-corrected chi connectivity index (χ2v) is 8.29. The van der Waals surface area contributed by atoms with Gasteiger partial charge in [0.2, 0.25) is 5.91 Å². The van der Waals surface area contributed by atoms with Crippen molar-refractivity contribution in [3.05, 3.63) is 100 Å². The summed E-state index contributed by atoms with van der Waals surface area (Å²) in [4.78, 5) is 35.9. The summed E-state index contributed by atoms with van der Waals surface area (Å²) in [5.41, 5.74) is 10.2. The molecule has 0 unspecified atom stereocenters. The number of hydrogen-bond donors (Lipinski definition) is 6. The second-order valence-electron chi connectivity index (χ2n) is 7.89. The van der Waals surface area contributed by atoms with E-state index in [9.17, 15) is 14.4 Å². The summed E-state index contributed by atoms with van der Waals surface area (Å²) in [6.45, 7) is 0.468. The number of hydroxylamine groups is 1. The third kappa shape index (κ3) is 8.45. The van der Waals surface area contributed by atoms with E-state index in [1.165, 1.54) is 5.48 Å². The quantitative estimate of drug-likeness (QED) is 0.145. The van der Waals surface area contributed by atoms with Crippen LogP contribution in [0, 0.1) is 11.8 Å². The van der Waals surface area contributed by atoms with Crippen molar-refractivity contribution >= 4 is 35.0 Å². The second kappa shape index (κ2) is 13.8. The predicted octanol–water partition coefficient (Wildman–Crippen LogP) is 2.03. The van der Waals surface area contributed by atoms with Crippen molar-refractivity contribution in [2.45, 2.75) is 12.6 Å². The highest BCUT2D eigenvalue weighted by molar-refractivity contribution is 6.31. The fourth-order valence-corrected chi connectivity index (χ4v) is 3.40. The zero-order chi connectivity index (χ0) is 26.6. The van der Waals surface area contributed by atoms with Crippen LogP contribution in [0.2, 0.25) is 5.02 Å². The van der Waals surface area contributed by atoms with Crippen molar-refractivity contribution in [2.75, 3.05) is 18.4 Å². The molecule has 190 valence electrons. The largest absolute Gasteiger partial charge is 0.339 e. The number of anilines is 1. The lowest BCUT2D eigenvalue weighted by atomic mass is 10.1. The Hall–Kier alpha value is -4.20. The molecule has 0 aliphatic heterocycles. The standard InChI is InChI=1S/C27H26ClN5O4/c28-23-4-2-1-3-21(23)16-30-17-25(34)31-22-13-9-19(10-14-22)6-5-18-7-11-20(12-8-18)26(35)32-24(15-29)27(36)33-37/h1-4,7-14,24,30,37H,15-17,29H2,(H,31,34)(H,32,35)(H,33,36)/t24-/m0/s1. The lowest BCUT2D eigenvalue weighted by molar-refractivity contribution is -0.130. The molecule has 37 heavy (non-hydrogen) atoms. The average Bonchev–Trinajstić information content (AvgIpc) is 2.92. The smallest absolute Gasteiger partial charge is 0.267 e. The number of hydrogen-bond acceptors (Lipinski definition) is 6. The summed E-state index contributed by atoms with van der Waals surface area (Å²) >= 11 is 6.11. The highest BCUT2D eigenvalue weighted by atomic mass is 35.5. The maximum absolute atomic E-state index is 12.3. The molecule has 0 heterocycles. The van der Waals surface area contributed by atoms with Crippen molar-refractivity contribution in [3.8, 4) is 11.8 Å². The van der Waals surface area contributed by atoms with E-state index in [4.69, 9.17) is 22.5 Å². The number of halogens is 1. The summed E-state index contributed by atoms with van der Waals surface area (Å²) in [7, 11) is 0. The first-order valence-corrected chi connectivity index (χ1v) is 11.7. The van der Waals surface area contributed by atoms with E-state index in [1.807, 2.05) is 18.2 Å². The van der Waals surface area contributed by atoms with E-state index >= 15 is 0 Å². The summed E-state index contributed by atoms with van der Waals surface area (Å²) in [5, 5.41) is 17.7. The van der Waals surface area contributed by atoms with Crippen molar-refractivity contribution in [2.24, 2.45) is 5.73 Å². The van der Waals surface area contributed by atoms with Crippen LogP contribution in [0.1, 0.15) is 27.0 Å². The predicted molar refractivity (Wildman–Crippen MR) is 141 cm³/mol. The van der Waals surface area contributed by atoms with Gasteiger partial charge in [0, 0.05) is 40.5 Å². The Morgan fingerprint density at radius 2 is 1.54 bits per heavy atom. The van der Waals surface area contributed by atoms with E-state index in [2.05, 4.69) is 27.8 Å². The first-order valence-electron chi connectivity index (χ1n) is 11.3. The molecule has 1 atom stereocenters. The van der Waals surface area contributed by atoms with Crippen LogP contribution in [0.4, 0.5) is 5.69 Å². The average molecular weight is 520 g/mol. The van der Waals surface area contributed by atoms with E-state index in [1.54, 1.807) is 54.6 Å². The number of nitrogens with one attached hydrogen (secondary N) is 4. The zero-order valence-corrected chi connectivity index (χ0v) is 20.5. The summed E-state index contributed by atoms with van der Waals surface area (Å²) in [6.07, 6.45) is 0. The molecule has 0 saturated carbocycles. The molecule has 0 aliphatic carbocycles. The monoisotopic (exact) mass is 519 g/mol. The van der Waals surface area contributed by atoms with Gasteiger partial charge in [0.05, 0.1) is 6.54 Å². The SMILES string of the molecule is NC[C@H](NC(=O)c1ccc(C#Cc2ccc(NC(=O)CNCc3ccccc3Cl)cc2)cc1)C(=O)NO. The molecule has 0 aromatic heterocycles. The lowest BCUT2D eigenvalue weighted by Crippen LogP contribution is -2.50. The number of amides is 3. The minimum Gasteiger partial charge on any atom is -0.339 e. The maximum Gasteiger partial charge on any atom is 0.267 e. The van der Waals surface area contributed by atoms with Gasteiger partial charge in [-0.05, 0) is 60.2 Å². The van der Waals surface area contributed by atoms with Gasteiger partial charge in [-0.2, -0.15) is 0 Å².